The van der Waals surface area contributed by atoms with Gasteiger partial charge in [0.05, 0.1) is 0 Å². The van der Waals surface area contributed by atoms with Gasteiger partial charge >= 0.3 is 304 Å². The van der Waals surface area contributed by atoms with Crippen LogP contribution in [0.3, 0.4) is 0 Å². The number of unbranched alkanes of at least 4 members (excludes halogenated alkanes) is 2. The SMILES string of the molecule is CCCCC1=Cc2c(-c3ccc(C(C)(C)C)cc3)cccc2[CH]1[Hf]1([CH]2C(CCCC)=Cc3c(-c4ccc(C(C)(C)C)cc4)cccc32)[CH2][CH2]1.Cl.Cl. The number of rotatable bonds is 10. The first-order valence-corrected chi connectivity index (χ1v) is 28.6. The Morgan fingerprint density at radius 2 is 0.902 bits per heavy atom. The summed E-state index contributed by atoms with van der Waals surface area (Å²) in [5.41, 5.74) is 18.8. The number of hydrogen-bond acceptors (Lipinski definition) is 0. The predicted molar refractivity (Wildman–Crippen MR) is 226 cm³/mol. The maximum absolute atomic E-state index is 2.98. The first-order chi connectivity index (χ1) is 23.5. The Labute approximate surface area is 326 Å². The molecule has 0 radical (unpaired) electrons. The molecule has 2 atom stereocenters. The summed E-state index contributed by atoms with van der Waals surface area (Å²) in [5, 5.41) is 0. The van der Waals surface area contributed by atoms with Crippen LogP contribution in [0.1, 0.15) is 135 Å². The average Bonchev–Trinajstić information content (AvgIpc) is 3.62. The van der Waals surface area contributed by atoms with E-state index in [1.807, 2.05) is 0 Å². The number of benzene rings is 4. The first kappa shape index (κ1) is 40.0. The molecule has 0 N–H and O–H groups in total. The van der Waals surface area contributed by atoms with Gasteiger partial charge in [-0.1, -0.05) is 0 Å². The molecule has 4 aromatic carbocycles. The minimum absolute atomic E-state index is 0. The van der Waals surface area contributed by atoms with E-state index in [-0.39, 0.29) is 35.6 Å². The Kier molecular flexibility index (Phi) is 12.3. The molecule has 3 heteroatoms. The molecule has 1 heterocycles. The smallest absolute Gasteiger partial charge is 0.147 e. The van der Waals surface area contributed by atoms with E-state index in [0.717, 1.165) is 0 Å². The van der Waals surface area contributed by atoms with E-state index in [1.54, 1.807) is 33.4 Å². The van der Waals surface area contributed by atoms with E-state index >= 15 is 0 Å². The van der Waals surface area contributed by atoms with E-state index in [4.69, 9.17) is 0 Å². The van der Waals surface area contributed by atoms with Crippen molar-refractivity contribution in [2.45, 2.75) is 120 Å². The fraction of sp³-hybridized carbons (Fsp3) is 0.417. The van der Waals surface area contributed by atoms with Crippen molar-refractivity contribution in [2.24, 2.45) is 0 Å². The molecular formula is C48H60Cl2Hf. The van der Waals surface area contributed by atoms with Crippen molar-refractivity contribution in [3.8, 4) is 22.3 Å². The average molecular weight is 886 g/mol. The molecule has 1 fully saturated rings. The normalized spacial score (nSPS) is 18.6. The van der Waals surface area contributed by atoms with Crippen LogP contribution in [0, 0.1) is 0 Å². The summed E-state index contributed by atoms with van der Waals surface area (Å²) in [5.74, 6) is 0. The van der Waals surface area contributed by atoms with Gasteiger partial charge in [-0.25, -0.2) is 0 Å². The minimum Gasteiger partial charge on any atom is -0.147 e. The van der Waals surface area contributed by atoms with Gasteiger partial charge in [0, 0.05) is 0 Å². The van der Waals surface area contributed by atoms with Crippen LogP contribution in [0.4, 0.5) is 0 Å². The molecule has 7 rings (SSSR count). The maximum Gasteiger partial charge on any atom is -0.147 e. The second-order valence-corrected chi connectivity index (χ2v) is 34.1. The number of halogens is 2. The van der Waals surface area contributed by atoms with Crippen LogP contribution in [0.2, 0.25) is 8.35 Å². The Morgan fingerprint density at radius 3 is 1.22 bits per heavy atom. The van der Waals surface area contributed by atoms with Crippen LogP contribution in [-0.4, -0.2) is 0 Å². The van der Waals surface area contributed by atoms with E-state index in [1.165, 1.54) is 80.3 Å². The zero-order chi connectivity index (χ0) is 34.6. The van der Waals surface area contributed by atoms with Crippen LogP contribution < -0.4 is 0 Å². The predicted octanol–water partition coefficient (Wildman–Crippen LogP) is 15.4. The van der Waals surface area contributed by atoms with Crippen LogP contribution in [0.25, 0.3) is 34.4 Å². The summed E-state index contributed by atoms with van der Waals surface area (Å²) in [6.07, 6.45) is 13.0. The number of allylic oxidation sites excluding steroid dienone is 2. The third kappa shape index (κ3) is 7.61. The molecule has 1 saturated heterocycles. The van der Waals surface area contributed by atoms with E-state index in [9.17, 15) is 0 Å². The van der Waals surface area contributed by atoms with Crippen LogP contribution in [0.15, 0.2) is 96.1 Å². The topological polar surface area (TPSA) is 0 Å². The zero-order valence-electron chi connectivity index (χ0n) is 32.4. The van der Waals surface area contributed by atoms with E-state index in [2.05, 4.69) is 152 Å². The summed E-state index contributed by atoms with van der Waals surface area (Å²) in [6.45, 7) is 18.6. The third-order valence-corrected chi connectivity index (χ3v) is 31.1. The molecule has 0 amide bonds. The van der Waals surface area contributed by atoms with Gasteiger partial charge in [0.2, 0.25) is 0 Å². The van der Waals surface area contributed by atoms with Crippen LogP contribution in [-0.2, 0) is 30.8 Å². The Bertz CT molecular complexity index is 1760. The van der Waals surface area contributed by atoms with Crippen molar-refractivity contribution in [2.75, 3.05) is 0 Å². The van der Waals surface area contributed by atoms with Crippen LogP contribution in [0.5, 0.6) is 0 Å². The van der Waals surface area contributed by atoms with Gasteiger partial charge in [-0.3, -0.25) is 0 Å². The van der Waals surface area contributed by atoms with Gasteiger partial charge in [0.15, 0.2) is 0 Å². The second-order valence-electron chi connectivity index (χ2n) is 17.5. The Hall–Kier alpha value is -2.19. The van der Waals surface area contributed by atoms with Crippen molar-refractivity contribution in [3.05, 3.63) is 129 Å². The quantitative estimate of drug-likeness (QED) is 0.139. The van der Waals surface area contributed by atoms with Crippen molar-refractivity contribution in [1.29, 1.82) is 0 Å². The molecule has 3 aliphatic rings. The van der Waals surface area contributed by atoms with Gasteiger partial charge in [-0.2, -0.15) is 0 Å². The van der Waals surface area contributed by atoms with Crippen molar-refractivity contribution < 1.29 is 20.0 Å². The molecule has 2 unspecified atom stereocenters. The van der Waals surface area contributed by atoms with Crippen molar-refractivity contribution in [3.63, 3.8) is 0 Å². The fourth-order valence-electron chi connectivity index (χ4n) is 9.17. The molecule has 1 aliphatic heterocycles. The van der Waals surface area contributed by atoms with Gasteiger partial charge < -0.3 is 0 Å². The van der Waals surface area contributed by atoms with Gasteiger partial charge in [-0.15, -0.1) is 24.8 Å². The van der Waals surface area contributed by atoms with E-state index < -0.39 is 20.0 Å². The first-order valence-electron chi connectivity index (χ1n) is 19.3. The van der Waals surface area contributed by atoms with Gasteiger partial charge in [0.25, 0.3) is 0 Å². The Morgan fingerprint density at radius 1 is 0.529 bits per heavy atom. The van der Waals surface area contributed by atoms with Crippen molar-refractivity contribution >= 4 is 37.0 Å². The molecule has 0 spiro atoms. The zero-order valence-corrected chi connectivity index (χ0v) is 37.6. The molecule has 270 valence electrons. The van der Waals surface area contributed by atoms with E-state index in [0.29, 0.717) is 7.35 Å². The minimum atomic E-state index is -2.98. The second kappa shape index (κ2) is 15.7. The molecule has 2 aliphatic carbocycles. The molecule has 0 bridgehead atoms. The molecule has 51 heavy (non-hydrogen) atoms. The molecule has 0 nitrogen and oxygen atoms in total. The summed E-state index contributed by atoms with van der Waals surface area (Å²) >= 11 is -2.98. The molecule has 4 aromatic rings. The van der Waals surface area contributed by atoms with Crippen LogP contribution >= 0.6 is 24.8 Å². The molecular weight excluding hydrogens is 826 g/mol. The van der Waals surface area contributed by atoms with Gasteiger partial charge in [0.1, 0.15) is 0 Å². The number of hydrogen-bond donors (Lipinski definition) is 0. The Balaban J connectivity index is 0.00000252. The fourth-order valence-corrected chi connectivity index (χ4v) is 37.2. The summed E-state index contributed by atoms with van der Waals surface area (Å²) in [7, 11) is 0. The summed E-state index contributed by atoms with van der Waals surface area (Å²) in [6, 6.07) is 33.6. The maximum atomic E-state index is 2.70. The standard InChI is InChI=1S/2C23H27.C2H4.2ClH.Hf/c2*1-5-6-8-17-15-19-9-7-10-21(22(19)16-17)18-11-13-20(14-12-18)23(2,3)4;1-2;;;/h2*7,9-16H,5-6,8H2,1-4H3;1-2H2;2*1H;. The largest absolute Gasteiger partial charge is 0.147 e. The molecule has 0 aromatic heterocycles. The molecule has 0 saturated carbocycles. The van der Waals surface area contributed by atoms with Gasteiger partial charge in [-0.05, 0) is 0 Å². The summed E-state index contributed by atoms with van der Waals surface area (Å²) in [4.78, 5) is 0. The monoisotopic (exact) mass is 886 g/mol. The number of fused-ring (bicyclic) bond motifs is 2. The van der Waals surface area contributed by atoms with Crippen molar-refractivity contribution in [1.82, 2.24) is 0 Å². The summed E-state index contributed by atoms with van der Waals surface area (Å²) < 4.78 is 4.48. The third-order valence-electron chi connectivity index (χ3n) is 12.0.